The molecule has 0 radical (unpaired) electrons. The first kappa shape index (κ1) is 10.2. The van der Waals surface area contributed by atoms with Gasteiger partial charge in [-0.2, -0.15) is 5.10 Å². The highest BCUT2D eigenvalue weighted by atomic mass is 32.1. The number of aromatic nitrogens is 3. The van der Waals surface area contributed by atoms with Crippen molar-refractivity contribution >= 4 is 27.2 Å². The maximum atomic E-state index is 4.41. The van der Waals surface area contributed by atoms with Crippen LogP contribution in [0.2, 0.25) is 0 Å². The molecular formula is C12H10N4S. The molecule has 0 fully saturated rings. The van der Waals surface area contributed by atoms with Gasteiger partial charge in [0, 0.05) is 28.1 Å². The largest absolute Gasteiger partial charge is 0.372 e. The number of benzene rings is 1. The molecule has 3 aromatic rings. The van der Waals surface area contributed by atoms with Crippen LogP contribution in [0.3, 0.4) is 0 Å². The molecule has 1 aromatic carbocycles. The lowest BCUT2D eigenvalue weighted by atomic mass is 10.2. The standard InChI is InChI=1S/C12H10N4S/c1-13-11-6-14-16-12(15-11)9-7-17-10-5-3-2-4-8(9)10/h2-7H,1H3,(H,13,15,16). The summed E-state index contributed by atoms with van der Waals surface area (Å²) in [6.07, 6.45) is 1.61. The van der Waals surface area contributed by atoms with E-state index in [-0.39, 0.29) is 0 Å². The zero-order valence-electron chi connectivity index (χ0n) is 9.21. The van der Waals surface area contributed by atoms with E-state index in [2.05, 4.69) is 38.0 Å². The van der Waals surface area contributed by atoms with Crippen LogP contribution in [0.4, 0.5) is 5.82 Å². The number of hydrogen-bond donors (Lipinski definition) is 1. The second-order valence-electron chi connectivity index (χ2n) is 3.56. The van der Waals surface area contributed by atoms with E-state index in [4.69, 9.17) is 0 Å². The van der Waals surface area contributed by atoms with E-state index in [1.165, 1.54) is 10.1 Å². The number of nitrogens with zero attached hydrogens (tertiary/aromatic N) is 3. The minimum absolute atomic E-state index is 0.661. The van der Waals surface area contributed by atoms with Gasteiger partial charge in [0.05, 0.1) is 6.20 Å². The van der Waals surface area contributed by atoms with Crippen LogP contribution in [0, 0.1) is 0 Å². The molecule has 0 amide bonds. The molecule has 0 saturated carbocycles. The molecule has 0 aliphatic heterocycles. The topological polar surface area (TPSA) is 50.7 Å². The molecule has 0 unspecified atom stereocenters. The Labute approximate surface area is 102 Å². The smallest absolute Gasteiger partial charge is 0.185 e. The first-order chi connectivity index (χ1) is 8.38. The molecule has 0 aliphatic carbocycles. The summed E-state index contributed by atoms with van der Waals surface area (Å²) in [7, 11) is 1.82. The average Bonchev–Trinajstić information content (AvgIpc) is 2.82. The third-order valence-corrected chi connectivity index (χ3v) is 3.50. The van der Waals surface area contributed by atoms with Gasteiger partial charge in [0.2, 0.25) is 0 Å². The summed E-state index contributed by atoms with van der Waals surface area (Å²) in [6.45, 7) is 0. The van der Waals surface area contributed by atoms with Crippen LogP contribution in [0.25, 0.3) is 21.5 Å². The van der Waals surface area contributed by atoms with Gasteiger partial charge in [0.15, 0.2) is 5.82 Å². The third kappa shape index (κ3) is 1.74. The van der Waals surface area contributed by atoms with E-state index in [1.807, 2.05) is 19.2 Å². The van der Waals surface area contributed by atoms with E-state index < -0.39 is 0 Å². The van der Waals surface area contributed by atoms with E-state index in [0.29, 0.717) is 5.82 Å². The van der Waals surface area contributed by atoms with Crippen LogP contribution in [-0.4, -0.2) is 22.2 Å². The summed E-state index contributed by atoms with van der Waals surface area (Å²) >= 11 is 1.69. The monoisotopic (exact) mass is 242 g/mol. The molecule has 5 heteroatoms. The summed E-state index contributed by atoms with van der Waals surface area (Å²) in [5, 5.41) is 14.2. The molecule has 17 heavy (non-hydrogen) atoms. The Balaban J connectivity index is 2.20. The predicted octanol–water partition coefficient (Wildman–Crippen LogP) is 2.80. The molecule has 84 valence electrons. The Bertz CT molecular complexity index is 662. The lowest BCUT2D eigenvalue weighted by Gasteiger charge is -2.00. The normalized spacial score (nSPS) is 10.6. The molecule has 4 nitrogen and oxygen atoms in total. The van der Waals surface area contributed by atoms with Gasteiger partial charge < -0.3 is 5.32 Å². The quantitative estimate of drug-likeness (QED) is 0.750. The summed E-state index contributed by atoms with van der Waals surface area (Å²) in [5.41, 5.74) is 1.04. The van der Waals surface area contributed by atoms with Crippen LogP contribution in [0.15, 0.2) is 35.8 Å². The summed E-state index contributed by atoms with van der Waals surface area (Å²) in [5.74, 6) is 1.39. The number of anilines is 1. The number of hydrogen-bond acceptors (Lipinski definition) is 5. The van der Waals surface area contributed by atoms with Crippen molar-refractivity contribution in [3.05, 3.63) is 35.8 Å². The first-order valence-electron chi connectivity index (χ1n) is 5.22. The van der Waals surface area contributed by atoms with Crippen molar-refractivity contribution in [2.75, 3.05) is 12.4 Å². The molecule has 2 heterocycles. The van der Waals surface area contributed by atoms with Crippen molar-refractivity contribution in [2.45, 2.75) is 0 Å². The second kappa shape index (κ2) is 4.10. The Morgan fingerprint density at radius 3 is 3.00 bits per heavy atom. The highest BCUT2D eigenvalue weighted by molar-refractivity contribution is 7.17. The number of thiophene rings is 1. The van der Waals surface area contributed by atoms with Crippen molar-refractivity contribution in [3.8, 4) is 11.4 Å². The molecule has 3 rings (SSSR count). The predicted molar refractivity (Wildman–Crippen MR) is 70.2 cm³/mol. The van der Waals surface area contributed by atoms with Gasteiger partial charge in [-0.15, -0.1) is 16.4 Å². The van der Waals surface area contributed by atoms with Gasteiger partial charge >= 0.3 is 0 Å². The third-order valence-electron chi connectivity index (χ3n) is 2.54. The summed E-state index contributed by atoms with van der Waals surface area (Å²) in [4.78, 5) is 4.41. The van der Waals surface area contributed by atoms with E-state index in [0.717, 1.165) is 11.4 Å². The van der Waals surface area contributed by atoms with Crippen LogP contribution in [0.5, 0.6) is 0 Å². The average molecular weight is 242 g/mol. The number of fused-ring (bicyclic) bond motifs is 1. The van der Waals surface area contributed by atoms with Crippen LogP contribution in [0.1, 0.15) is 0 Å². The van der Waals surface area contributed by atoms with E-state index in [9.17, 15) is 0 Å². The molecule has 0 bridgehead atoms. The number of rotatable bonds is 2. The van der Waals surface area contributed by atoms with Gasteiger partial charge in [0.25, 0.3) is 0 Å². The fraction of sp³-hybridized carbons (Fsp3) is 0.0833. The number of nitrogens with one attached hydrogen (secondary N) is 1. The lowest BCUT2D eigenvalue weighted by Crippen LogP contribution is -1.97. The first-order valence-corrected chi connectivity index (χ1v) is 6.10. The van der Waals surface area contributed by atoms with Crippen molar-refractivity contribution in [1.82, 2.24) is 15.2 Å². The highest BCUT2D eigenvalue weighted by Gasteiger charge is 2.09. The Morgan fingerprint density at radius 1 is 1.24 bits per heavy atom. The highest BCUT2D eigenvalue weighted by Crippen LogP contribution is 2.31. The molecule has 0 aliphatic rings. The Kier molecular flexibility index (Phi) is 2.45. The minimum Gasteiger partial charge on any atom is -0.372 e. The molecule has 0 atom stereocenters. The van der Waals surface area contributed by atoms with Crippen molar-refractivity contribution in [3.63, 3.8) is 0 Å². The van der Waals surface area contributed by atoms with Crippen molar-refractivity contribution < 1.29 is 0 Å². The van der Waals surface area contributed by atoms with Crippen molar-refractivity contribution in [1.29, 1.82) is 0 Å². The maximum Gasteiger partial charge on any atom is 0.185 e. The Hall–Kier alpha value is -2.01. The summed E-state index contributed by atoms with van der Waals surface area (Å²) < 4.78 is 1.24. The molecular weight excluding hydrogens is 232 g/mol. The fourth-order valence-electron chi connectivity index (χ4n) is 1.69. The molecule has 0 spiro atoms. The van der Waals surface area contributed by atoms with E-state index >= 15 is 0 Å². The van der Waals surface area contributed by atoms with Gasteiger partial charge in [0.1, 0.15) is 5.82 Å². The van der Waals surface area contributed by atoms with E-state index in [1.54, 1.807) is 17.5 Å². The second-order valence-corrected chi connectivity index (χ2v) is 4.47. The lowest BCUT2D eigenvalue weighted by molar-refractivity contribution is 0.983. The Morgan fingerprint density at radius 2 is 2.12 bits per heavy atom. The van der Waals surface area contributed by atoms with Crippen molar-refractivity contribution in [2.24, 2.45) is 0 Å². The minimum atomic E-state index is 0.661. The van der Waals surface area contributed by atoms with Crippen LogP contribution >= 0.6 is 11.3 Å². The molecule has 2 aromatic heterocycles. The van der Waals surface area contributed by atoms with Gasteiger partial charge in [-0.3, -0.25) is 0 Å². The van der Waals surface area contributed by atoms with Gasteiger partial charge in [-0.25, -0.2) is 4.98 Å². The summed E-state index contributed by atoms with van der Waals surface area (Å²) in [6, 6.07) is 8.23. The maximum absolute atomic E-state index is 4.41. The fourth-order valence-corrected chi connectivity index (χ4v) is 2.63. The molecule has 1 N–H and O–H groups in total. The van der Waals surface area contributed by atoms with Crippen LogP contribution in [-0.2, 0) is 0 Å². The SMILES string of the molecule is CNc1cnnc(-c2csc3ccccc23)n1. The zero-order valence-corrected chi connectivity index (χ0v) is 10.0. The van der Waals surface area contributed by atoms with Crippen LogP contribution < -0.4 is 5.32 Å². The van der Waals surface area contributed by atoms with Gasteiger partial charge in [-0.1, -0.05) is 18.2 Å². The zero-order chi connectivity index (χ0) is 11.7. The molecule has 0 saturated heterocycles. The van der Waals surface area contributed by atoms with Gasteiger partial charge in [-0.05, 0) is 6.07 Å².